The van der Waals surface area contributed by atoms with Crippen molar-refractivity contribution >= 4 is 12.1 Å². The molecule has 4 nitrogen and oxygen atoms in total. The van der Waals surface area contributed by atoms with E-state index in [1.165, 1.54) is 25.7 Å². The van der Waals surface area contributed by atoms with Gasteiger partial charge in [-0.3, -0.25) is 4.79 Å². The van der Waals surface area contributed by atoms with Gasteiger partial charge < -0.3 is 4.98 Å². The van der Waals surface area contributed by atoms with Crippen molar-refractivity contribution in [3.63, 3.8) is 0 Å². The van der Waals surface area contributed by atoms with Crippen molar-refractivity contribution in [3.8, 4) is 0 Å². The first kappa shape index (κ1) is 12.5. The van der Waals surface area contributed by atoms with Crippen LogP contribution in [0.4, 0.5) is 0 Å². The van der Waals surface area contributed by atoms with E-state index in [2.05, 4.69) is 15.5 Å². The minimum Gasteiger partial charge on any atom is -0.360 e. The topological polar surface area (TPSA) is 57.2 Å². The van der Waals surface area contributed by atoms with Gasteiger partial charge in [0.25, 0.3) is 0 Å². The molecule has 0 radical (unpaired) electrons. The molecule has 0 saturated heterocycles. The molecule has 19 heavy (non-hydrogen) atoms. The molecule has 2 aliphatic rings. The van der Waals surface area contributed by atoms with Crippen LogP contribution in [0.2, 0.25) is 0 Å². The number of rotatable bonds is 3. The van der Waals surface area contributed by atoms with E-state index in [0.717, 1.165) is 30.4 Å². The smallest absolute Gasteiger partial charge is 0.243 e. The summed E-state index contributed by atoms with van der Waals surface area (Å²) >= 11 is 0. The standard InChI is InChI=1S/C15H21N3O/c19-15(18-17-10-14-5-2-6-16-14)13-8-11-3-1-4-12(7-11)9-13/h2,5-6,10-13,16H,1,3-4,7-9H2,(H,18,19). The van der Waals surface area contributed by atoms with Gasteiger partial charge in [-0.2, -0.15) is 5.10 Å². The van der Waals surface area contributed by atoms with Gasteiger partial charge in [0.1, 0.15) is 0 Å². The zero-order valence-electron chi connectivity index (χ0n) is 11.1. The van der Waals surface area contributed by atoms with Crippen LogP contribution >= 0.6 is 0 Å². The summed E-state index contributed by atoms with van der Waals surface area (Å²) in [6.45, 7) is 0. The average molecular weight is 259 g/mol. The molecule has 2 unspecified atom stereocenters. The molecule has 3 rings (SSSR count). The maximum absolute atomic E-state index is 12.1. The first-order valence-electron chi connectivity index (χ1n) is 7.27. The molecule has 2 saturated carbocycles. The van der Waals surface area contributed by atoms with Crippen molar-refractivity contribution in [2.45, 2.75) is 38.5 Å². The Labute approximate surface area is 113 Å². The highest BCUT2D eigenvalue weighted by Crippen LogP contribution is 2.42. The summed E-state index contributed by atoms with van der Waals surface area (Å²) in [6, 6.07) is 3.83. The van der Waals surface area contributed by atoms with Gasteiger partial charge >= 0.3 is 0 Å². The fourth-order valence-corrected chi connectivity index (χ4v) is 3.63. The van der Waals surface area contributed by atoms with Gasteiger partial charge in [-0.15, -0.1) is 0 Å². The fourth-order valence-electron chi connectivity index (χ4n) is 3.63. The monoisotopic (exact) mass is 259 g/mol. The molecule has 1 heterocycles. The second kappa shape index (κ2) is 5.59. The van der Waals surface area contributed by atoms with Crippen LogP contribution in [0.5, 0.6) is 0 Å². The third-order valence-electron chi connectivity index (χ3n) is 4.50. The molecule has 2 N–H and O–H groups in total. The molecule has 102 valence electrons. The third-order valence-corrected chi connectivity index (χ3v) is 4.50. The Morgan fingerprint density at radius 1 is 1.32 bits per heavy atom. The van der Waals surface area contributed by atoms with E-state index in [4.69, 9.17) is 0 Å². The Hall–Kier alpha value is -1.58. The lowest BCUT2D eigenvalue weighted by Gasteiger charge is -2.38. The van der Waals surface area contributed by atoms with Crippen molar-refractivity contribution in [3.05, 3.63) is 24.0 Å². The van der Waals surface area contributed by atoms with E-state index in [1.54, 1.807) is 6.21 Å². The minimum absolute atomic E-state index is 0.0967. The quantitative estimate of drug-likeness (QED) is 0.636. The second-order valence-electron chi connectivity index (χ2n) is 5.93. The van der Waals surface area contributed by atoms with Gasteiger partial charge in [0.15, 0.2) is 0 Å². The number of amides is 1. The summed E-state index contributed by atoms with van der Waals surface area (Å²) in [5, 5.41) is 4.03. The second-order valence-corrected chi connectivity index (χ2v) is 5.93. The minimum atomic E-state index is 0.0967. The summed E-state index contributed by atoms with van der Waals surface area (Å²) < 4.78 is 0. The number of H-pyrrole nitrogens is 1. The lowest BCUT2D eigenvalue weighted by molar-refractivity contribution is -0.127. The molecule has 0 aliphatic heterocycles. The molecular weight excluding hydrogens is 238 g/mol. The molecule has 0 aromatic carbocycles. The van der Waals surface area contributed by atoms with Crippen LogP contribution in [0, 0.1) is 17.8 Å². The van der Waals surface area contributed by atoms with Crippen molar-refractivity contribution in [2.24, 2.45) is 22.9 Å². The number of aromatic nitrogens is 1. The molecule has 2 bridgehead atoms. The molecule has 2 atom stereocenters. The van der Waals surface area contributed by atoms with Crippen LogP contribution in [0.1, 0.15) is 44.2 Å². The third kappa shape index (κ3) is 3.06. The summed E-state index contributed by atoms with van der Waals surface area (Å²) in [4.78, 5) is 15.1. The van der Waals surface area contributed by atoms with E-state index in [9.17, 15) is 4.79 Å². The maximum atomic E-state index is 12.1. The number of hydrogen-bond donors (Lipinski definition) is 2. The summed E-state index contributed by atoms with van der Waals surface area (Å²) in [5.74, 6) is 1.82. The molecule has 1 aromatic heterocycles. The molecule has 1 amide bonds. The Morgan fingerprint density at radius 2 is 2.11 bits per heavy atom. The Balaban J connectivity index is 1.53. The van der Waals surface area contributed by atoms with Crippen molar-refractivity contribution < 1.29 is 4.79 Å². The molecule has 1 aromatic rings. The van der Waals surface area contributed by atoms with Crippen molar-refractivity contribution in [1.82, 2.24) is 10.4 Å². The zero-order chi connectivity index (χ0) is 13.1. The van der Waals surface area contributed by atoms with Crippen LogP contribution in [-0.2, 0) is 4.79 Å². The van der Waals surface area contributed by atoms with E-state index in [1.807, 2.05) is 18.3 Å². The van der Waals surface area contributed by atoms with Gasteiger partial charge in [-0.25, -0.2) is 5.43 Å². The summed E-state index contributed by atoms with van der Waals surface area (Å²) in [7, 11) is 0. The van der Waals surface area contributed by atoms with Gasteiger partial charge in [0.05, 0.1) is 11.9 Å². The zero-order valence-corrected chi connectivity index (χ0v) is 11.1. The van der Waals surface area contributed by atoms with E-state index in [-0.39, 0.29) is 11.8 Å². The van der Waals surface area contributed by atoms with Gasteiger partial charge in [0.2, 0.25) is 5.91 Å². The van der Waals surface area contributed by atoms with Gasteiger partial charge in [-0.05, 0) is 43.2 Å². The average Bonchev–Trinajstić information content (AvgIpc) is 2.91. The lowest BCUT2D eigenvalue weighted by atomic mass is 9.68. The molecular formula is C15H21N3O. The van der Waals surface area contributed by atoms with Crippen LogP contribution in [0.25, 0.3) is 0 Å². The van der Waals surface area contributed by atoms with Crippen LogP contribution < -0.4 is 5.43 Å². The van der Waals surface area contributed by atoms with E-state index < -0.39 is 0 Å². The number of aromatic amines is 1. The largest absolute Gasteiger partial charge is 0.360 e. The molecule has 0 spiro atoms. The maximum Gasteiger partial charge on any atom is 0.243 e. The van der Waals surface area contributed by atoms with E-state index >= 15 is 0 Å². The van der Waals surface area contributed by atoms with Crippen LogP contribution in [0.15, 0.2) is 23.4 Å². The number of hydrogen-bond acceptors (Lipinski definition) is 2. The Bertz CT molecular complexity index is 440. The Morgan fingerprint density at radius 3 is 2.79 bits per heavy atom. The van der Waals surface area contributed by atoms with Crippen molar-refractivity contribution in [1.29, 1.82) is 0 Å². The number of hydrazone groups is 1. The predicted octanol–water partition coefficient (Wildman–Crippen LogP) is 2.68. The highest BCUT2D eigenvalue weighted by Gasteiger charge is 2.34. The Kier molecular flexibility index (Phi) is 3.67. The predicted molar refractivity (Wildman–Crippen MR) is 74.7 cm³/mol. The SMILES string of the molecule is O=C(NN=Cc1ccc[nH]1)C1CC2CCCC(C2)C1. The number of nitrogens with one attached hydrogen (secondary N) is 2. The normalized spacial score (nSPS) is 30.4. The van der Waals surface area contributed by atoms with Crippen LogP contribution in [0.3, 0.4) is 0 Å². The number of carbonyl (C=O) groups excluding carboxylic acids is 1. The summed E-state index contributed by atoms with van der Waals surface area (Å²) in [6.07, 6.45) is 10.9. The van der Waals surface area contributed by atoms with E-state index in [0.29, 0.717) is 0 Å². The highest BCUT2D eigenvalue weighted by atomic mass is 16.2. The molecule has 2 aliphatic carbocycles. The number of nitrogens with zero attached hydrogens (tertiary/aromatic N) is 1. The summed E-state index contributed by atoms with van der Waals surface area (Å²) in [5.41, 5.74) is 3.59. The highest BCUT2D eigenvalue weighted by molar-refractivity contribution is 5.82. The fraction of sp³-hybridized carbons (Fsp3) is 0.600. The number of fused-ring (bicyclic) bond motifs is 2. The van der Waals surface area contributed by atoms with Gasteiger partial charge in [0, 0.05) is 12.1 Å². The number of carbonyl (C=O) groups is 1. The van der Waals surface area contributed by atoms with Gasteiger partial charge in [-0.1, -0.05) is 19.3 Å². The first-order chi connectivity index (χ1) is 9.31. The van der Waals surface area contributed by atoms with Crippen LogP contribution in [-0.4, -0.2) is 17.1 Å². The molecule has 4 heteroatoms. The first-order valence-corrected chi connectivity index (χ1v) is 7.27. The van der Waals surface area contributed by atoms with Crippen molar-refractivity contribution in [2.75, 3.05) is 0 Å². The molecule has 2 fully saturated rings. The lowest BCUT2D eigenvalue weighted by Crippen LogP contribution is -2.35.